The Hall–Kier alpha value is -2.96. The third-order valence-electron chi connectivity index (χ3n) is 4.84. The predicted octanol–water partition coefficient (Wildman–Crippen LogP) is 5.32. The van der Waals surface area contributed by atoms with E-state index >= 15 is 0 Å². The molecule has 1 heterocycles. The summed E-state index contributed by atoms with van der Waals surface area (Å²) in [5, 5.41) is 3.67. The van der Waals surface area contributed by atoms with Crippen LogP contribution < -0.4 is 10.1 Å². The van der Waals surface area contributed by atoms with Gasteiger partial charge in [0.2, 0.25) is 0 Å². The number of rotatable bonds is 6. The second-order valence-electron chi connectivity index (χ2n) is 6.71. The maximum absolute atomic E-state index is 12.9. The largest absolute Gasteiger partial charge is 0.494 e. The number of fused-ring (bicyclic) bond motifs is 1. The molecule has 2 aromatic carbocycles. The molecule has 4 nitrogen and oxygen atoms in total. The van der Waals surface area contributed by atoms with E-state index in [1.807, 2.05) is 43.5 Å². The molecule has 1 amide bonds. The van der Waals surface area contributed by atoms with Crippen LogP contribution in [0.5, 0.6) is 5.75 Å². The Morgan fingerprint density at radius 3 is 2.55 bits per heavy atom. The van der Waals surface area contributed by atoms with E-state index in [1.54, 1.807) is 6.07 Å². The van der Waals surface area contributed by atoms with Gasteiger partial charge >= 0.3 is 6.18 Å². The van der Waals surface area contributed by atoms with Crippen molar-refractivity contribution in [3.05, 3.63) is 64.8 Å². The molecule has 3 rings (SSSR count). The molecule has 0 aliphatic carbocycles. The number of benzene rings is 2. The molecular weight excluding hydrogens is 381 g/mol. The van der Waals surface area contributed by atoms with E-state index in [9.17, 15) is 18.0 Å². The number of carbonyl (C=O) groups excluding carboxylic acids is 1. The average Bonchev–Trinajstić information content (AvgIpc) is 2.97. The molecule has 0 radical (unpaired) electrons. The number of nitrogens with zero attached hydrogens (tertiary/aromatic N) is 1. The fourth-order valence-electron chi connectivity index (χ4n) is 3.50. The van der Waals surface area contributed by atoms with Crippen LogP contribution in [0.1, 0.15) is 41.0 Å². The Morgan fingerprint density at radius 2 is 1.90 bits per heavy atom. The Morgan fingerprint density at radius 1 is 1.14 bits per heavy atom. The summed E-state index contributed by atoms with van der Waals surface area (Å²) in [4.78, 5) is 12.9. The number of ether oxygens (including phenoxy) is 1. The lowest BCUT2D eigenvalue weighted by molar-refractivity contribution is -0.137. The first kappa shape index (κ1) is 20.8. The van der Waals surface area contributed by atoms with Crippen LogP contribution in [0.25, 0.3) is 10.9 Å². The fourth-order valence-corrected chi connectivity index (χ4v) is 3.50. The Kier molecular flexibility index (Phi) is 5.86. The normalized spacial score (nSPS) is 11.7. The molecular formula is C22H23F3N2O2. The van der Waals surface area contributed by atoms with Crippen molar-refractivity contribution in [2.24, 2.45) is 0 Å². The highest BCUT2D eigenvalue weighted by Crippen LogP contribution is 2.30. The summed E-state index contributed by atoms with van der Waals surface area (Å²) in [6.07, 6.45) is -4.41. The van der Waals surface area contributed by atoms with Crippen molar-refractivity contribution >= 4 is 16.8 Å². The van der Waals surface area contributed by atoms with Crippen LogP contribution in [0, 0.1) is 6.92 Å². The molecule has 1 aromatic heterocycles. The number of amides is 1. The van der Waals surface area contributed by atoms with E-state index in [1.165, 1.54) is 6.07 Å². The van der Waals surface area contributed by atoms with Gasteiger partial charge in [-0.2, -0.15) is 13.2 Å². The molecule has 0 saturated heterocycles. The number of alkyl halides is 3. The average molecular weight is 404 g/mol. The third kappa shape index (κ3) is 4.23. The van der Waals surface area contributed by atoms with Gasteiger partial charge in [0.15, 0.2) is 0 Å². The van der Waals surface area contributed by atoms with Crippen molar-refractivity contribution in [1.29, 1.82) is 0 Å². The number of aryl methyl sites for hydroxylation is 2. The highest BCUT2D eigenvalue weighted by atomic mass is 19.4. The summed E-state index contributed by atoms with van der Waals surface area (Å²) in [6, 6.07) is 10.7. The van der Waals surface area contributed by atoms with Gasteiger partial charge in [-0.1, -0.05) is 12.1 Å². The van der Waals surface area contributed by atoms with Crippen molar-refractivity contribution < 1.29 is 22.7 Å². The van der Waals surface area contributed by atoms with Gasteiger partial charge in [0.25, 0.3) is 5.91 Å². The topological polar surface area (TPSA) is 43.3 Å². The molecule has 0 bridgehead atoms. The monoisotopic (exact) mass is 404 g/mol. The summed E-state index contributed by atoms with van der Waals surface area (Å²) in [5.41, 5.74) is 1.89. The van der Waals surface area contributed by atoms with Gasteiger partial charge in [0.05, 0.1) is 12.2 Å². The van der Waals surface area contributed by atoms with Crippen molar-refractivity contribution in [3.63, 3.8) is 0 Å². The highest BCUT2D eigenvalue weighted by Gasteiger charge is 2.30. The fraction of sp³-hybridized carbons (Fsp3) is 0.318. The van der Waals surface area contributed by atoms with Gasteiger partial charge in [-0.05, 0) is 62.2 Å². The Labute approximate surface area is 167 Å². The molecule has 0 aliphatic heterocycles. The van der Waals surface area contributed by atoms with Gasteiger partial charge in [-0.3, -0.25) is 4.79 Å². The molecule has 0 atom stereocenters. The molecule has 0 aliphatic rings. The first-order valence-electron chi connectivity index (χ1n) is 9.46. The Bertz CT molecular complexity index is 1040. The van der Waals surface area contributed by atoms with Crippen molar-refractivity contribution in [2.75, 3.05) is 6.61 Å². The van der Waals surface area contributed by atoms with Crippen LogP contribution >= 0.6 is 0 Å². The lowest BCUT2D eigenvalue weighted by atomic mass is 10.1. The minimum atomic E-state index is -4.41. The molecule has 154 valence electrons. The first-order valence-corrected chi connectivity index (χ1v) is 9.46. The Balaban J connectivity index is 1.88. The molecule has 7 heteroatoms. The van der Waals surface area contributed by atoms with E-state index in [2.05, 4.69) is 5.32 Å². The zero-order valence-corrected chi connectivity index (χ0v) is 16.6. The zero-order valence-electron chi connectivity index (χ0n) is 16.6. The SMILES string of the molecule is CCOc1ccc2c(c1)c(C)c(C(=O)NCc1cccc(C(F)(F)F)c1)n2CC. The van der Waals surface area contributed by atoms with Crippen LogP contribution in [-0.4, -0.2) is 17.1 Å². The molecule has 0 spiro atoms. The lowest BCUT2D eigenvalue weighted by Gasteiger charge is -2.11. The molecule has 29 heavy (non-hydrogen) atoms. The smallest absolute Gasteiger partial charge is 0.416 e. The zero-order chi connectivity index (χ0) is 21.2. The van der Waals surface area contributed by atoms with E-state index in [0.717, 1.165) is 34.3 Å². The maximum atomic E-state index is 12.9. The quantitative estimate of drug-likeness (QED) is 0.605. The van der Waals surface area contributed by atoms with Gasteiger partial charge < -0.3 is 14.6 Å². The minimum absolute atomic E-state index is 0.0115. The highest BCUT2D eigenvalue weighted by molar-refractivity contribution is 6.02. The number of hydrogen-bond acceptors (Lipinski definition) is 2. The predicted molar refractivity (Wildman–Crippen MR) is 106 cm³/mol. The minimum Gasteiger partial charge on any atom is -0.494 e. The first-order chi connectivity index (χ1) is 13.8. The molecule has 0 saturated carbocycles. The van der Waals surface area contributed by atoms with E-state index in [4.69, 9.17) is 4.74 Å². The van der Waals surface area contributed by atoms with Crippen LogP contribution in [0.2, 0.25) is 0 Å². The van der Waals surface area contributed by atoms with Gasteiger partial charge in [-0.15, -0.1) is 0 Å². The van der Waals surface area contributed by atoms with Crippen molar-refractivity contribution in [3.8, 4) is 5.75 Å². The van der Waals surface area contributed by atoms with Crippen molar-refractivity contribution in [1.82, 2.24) is 9.88 Å². The summed E-state index contributed by atoms with van der Waals surface area (Å²) in [5.74, 6) is 0.406. The summed E-state index contributed by atoms with van der Waals surface area (Å²) < 4.78 is 46.1. The summed E-state index contributed by atoms with van der Waals surface area (Å²) in [7, 11) is 0. The number of hydrogen-bond donors (Lipinski definition) is 1. The molecule has 0 unspecified atom stereocenters. The van der Waals surface area contributed by atoms with Crippen LogP contribution in [-0.2, 0) is 19.3 Å². The second-order valence-corrected chi connectivity index (χ2v) is 6.71. The molecule has 0 fully saturated rings. The van der Waals surface area contributed by atoms with Crippen molar-refractivity contribution in [2.45, 2.75) is 40.0 Å². The van der Waals surface area contributed by atoms with E-state index in [-0.39, 0.29) is 12.5 Å². The van der Waals surface area contributed by atoms with Crippen LogP contribution in [0.15, 0.2) is 42.5 Å². The number of halogens is 3. The van der Waals surface area contributed by atoms with Crippen LogP contribution in [0.3, 0.4) is 0 Å². The van der Waals surface area contributed by atoms with Gasteiger partial charge in [-0.25, -0.2) is 0 Å². The standard InChI is InChI=1S/C22H23F3N2O2/c1-4-27-19-10-9-17(29-5-2)12-18(19)14(3)20(27)21(28)26-13-15-7-6-8-16(11-15)22(23,24)25/h6-12H,4-5,13H2,1-3H3,(H,26,28). The van der Waals surface area contributed by atoms with E-state index in [0.29, 0.717) is 24.4 Å². The third-order valence-corrected chi connectivity index (χ3v) is 4.84. The molecule has 3 aromatic rings. The summed E-state index contributed by atoms with van der Waals surface area (Å²) in [6.45, 7) is 6.86. The van der Waals surface area contributed by atoms with Gasteiger partial charge in [0.1, 0.15) is 11.4 Å². The second kappa shape index (κ2) is 8.19. The van der Waals surface area contributed by atoms with E-state index < -0.39 is 11.7 Å². The van der Waals surface area contributed by atoms with Crippen LogP contribution in [0.4, 0.5) is 13.2 Å². The maximum Gasteiger partial charge on any atom is 0.416 e. The molecule has 1 N–H and O–H groups in total. The number of carbonyl (C=O) groups is 1. The number of nitrogens with one attached hydrogen (secondary N) is 1. The lowest BCUT2D eigenvalue weighted by Crippen LogP contribution is -2.26. The summed E-state index contributed by atoms with van der Waals surface area (Å²) >= 11 is 0. The number of aromatic nitrogens is 1. The van der Waals surface area contributed by atoms with Gasteiger partial charge in [0, 0.05) is 24.0 Å².